The van der Waals surface area contributed by atoms with Gasteiger partial charge in [0.15, 0.2) is 15.1 Å². The van der Waals surface area contributed by atoms with E-state index < -0.39 is 32.7 Å². The zero-order chi connectivity index (χ0) is 14.2. The molecule has 0 aliphatic heterocycles. The van der Waals surface area contributed by atoms with E-state index in [1.807, 2.05) is 0 Å². The van der Waals surface area contributed by atoms with Crippen LogP contribution in [0.3, 0.4) is 0 Å². The van der Waals surface area contributed by atoms with E-state index in [1.165, 1.54) is 0 Å². The van der Waals surface area contributed by atoms with Crippen molar-refractivity contribution >= 4 is 21.7 Å². The van der Waals surface area contributed by atoms with Gasteiger partial charge in [0, 0.05) is 6.54 Å². The van der Waals surface area contributed by atoms with Gasteiger partial charge in [-0.25, -0.2) is 8.42 Å². The first-order chi connectivity index (χ1) is 8.38. The Bertz CT molecular complexity index is 377. The molecule has 106 valence electrons. The second-order valence-electron chi connectivity index (χ2n) is 3.79. The highest BCUT2D eigenvalue weighted by Crippen LogP contribution is 2.12. The lowest BCUT2D eigenvalue weighted by Crippen LogP contribution is -2.39. The molecule has 1 N–H and O–H groups in total. The molecule has 0 spiro atoms. The lowest BCUT2D eigenvalue weighted by molar-refractivity contribution is -0.142. The number of hydrogen-bond donors (Lipinski definition) is 1. The minimum Gasteiger partial charge on any atom is -0.465 e. The molecule has 0 aliphatic carbocycles. The van der Waals surface area contributed by atoms with E-state index in [9.17, 15) is 18.0 Å². The number of ether oxygens (including phenoxy) is 1. The van der Waals surface area contributed by atoms with Gasteiger partial charge in [-0.15, -0.1) is 0 Å². The summed E-state index contributed by atoms with van der Waals surface area (Å²) in [6.07, 6.45) is 0.693. The van der Waals surface area contributed by atoms with E-state index in [4.69, 9.17) is 4.74 Å². The molecule has 0 aromatic rings. The molecule has 0 saturated carbocycles. The highest BCUT2D eigenvalue weighted by atomic mass is 32.2. The summed E-state index contributed by atoms with van der Waals surface area (Å²) < 4.78 is 28.7. The van der Waals surface area contributed by atoms with Crippen LogP contribution in [-0.4, -0.2) is 44.4 Å². The average Bonchev–Trinajstić information content (AvgIpc) is 2.25. The number of hydrogen-bond acceptors (Lipinski definition) is 5. The van der Waals surface area contributed by atoms with Gasteiger partial charge in [-0.1, -0.05) is 13.3 Å². The van der Waals surface area contributed by atoms with Crippen LogP contribution >= 0.6 is 0 Å². The predicted octanol–water partition coefficient (Wildman–Crippen LogP) is 0.269. The predicted molar refractivity (Wildman–Crippen MR) is 67.8 cm³/mol. The Morgan fingerprint density at radius 1 is 1.22 bits per heavy atom. The Labute approximate surface area is 108 Å². The topological polar surface area (TPSA) is 89.5 Å². The van der Waals surface area contributed by atoms with Crippen molar-refractivity contribution in [3.8, 4) is 0 Å². The van der Waals surface area contributed by atoms with Crippen molar-refractivity contribution in [3.63, 3.8) is 0 Å². The summed E-state index contributed by atoms with van der Waals surface area (Å²) >= 11 is 0. The Kier molecular flexibility index (Phi) is 7.58. The van der Waals surface area contributed by atoms with Gasteiger partial charge < -0.3 is 10.1 Å². The largest absolute Gasteiger partial charge is 0.465 e. The van der Waals surface area contributed by atoms with Crippen LogP contribution in [0.5, 0.6) is 0 Å². The molecule has 0 fully saturated rings. The molecule has 1 amide bonds. The Morgan fingerprint density at radius 3 is 2.28 bits per heavy atom. The molecule has 0 aromatic heterocycles. The number of esters is 1. The van der Waals surface area contributed by atoms with Crippen LogP contribution < -0.4 is 5.32 Å². The summed E-state index contributed by atoms with van der Waals surface area (Å²) in [5.74, 6) is -2.05. The van der Waals surface area contributed by atoms with Crippen molar-refractivity contribution in [1.29, 1.82) is 0 Å². The molecule has 1 unspecified atom stereocenters. The smallest absolute Gasteiger partial charge is 0.324 e. The summed E-state index contributed by atoms with van der Waals surface area (Å²) in [6, 6.07) is 0. The normalized spacial score (nSPS) is 12.8. The lowest BCUT2D eigenvalue weighted by Gasteiger charge is -2.15. The second-order valence-corrected chi connectivity index (χ2v) is 5.97. The van der Waals surface area contributed by atoms with Gasteiger partial charge >= 0.3 is 5.97 Å². The third kappa shape index (κ3) is 5.48. The van der Waals surface area contributed by atoms with Crippen molar-refractivity contribution in [2.24, 2.45) is 0 Å². The Hall–Kier alpha value is -1.11. The maximum absolute atomic E-state index is 12.0. The van der Waals surface area contributed by atoms with Crippen LogP contribution in [0.1, 0.15) is 33.6 Å². The number of carbonyl (C=O) groups is 2. The van der Waals surface area contributed by atoms with E-state index in [2.05, 4.69) is 5.32 Å². The summed E-state index contributed by atoms with van der Waals surface area (Å²) in [4.78, 5) is 22.9. The third-order valence-electron chi connectivity index (χ3n) is 2.24. The molecule has 0 rings (SSSR count). The molecule has 0 radical (unpaired) electrons. The molecule has 18 heavy (non-hydrogen) atoms. The van der Waals surface area contributed by atoms with Crippen LogP contribution in [0.15, 0.2) is 0 Å². The first kappa shape index (κ1) is 16.9. The van der Waals surface area contributed by atoms with Crippen LogP contribution in [0.4, 0.5) is 0 Å². The zero-order valence-electron chi connectivity index (χ0n) is 11.1. The first-order valence-corrected chi connectivity index (χ1v) is 7.75. The van der Waals surface area contributed by atoms with Gasteiger partial charge in [-0.2, -0.15) is 0 Å². The van der Waals surface area contributed by atoms with Crippen molar-refractivity contribution in [2.45, 2.75) is 38.9 Å². The van der Waals surface area contributed by atoms with Crippen LogP contribution in [-0.2, 0) is 24.2 Å². The highest BCUT2D eigenvalue weighted by Gasteiger charge is 2.34. The summed E-state index contributed by atoms with van der Waals surface area (Å²) in [5.41, 5.74) is 0. The molecule has 0 aliphatic rings. The van der Waals surface area contributed by atoms with E-state index in [0.717, 1.165) is 0 Å². The van der Waals surface area contributed by atoms with Gasteiger partial charge in [-0.05, 0) is 20.3 Å². The number of amides is 1. The van der Waals surface area contributed by atoms with E-state index >= 15 is 0 Å². The van der Waals surface area contributed by atoms with Gasteiger partial charge in [-0.3, -0.25) is 9.59 Å². The van der Waals surface area contributed by atoms with Gasteiger partial charge in [0.1, 0.15) is 5.75 Å². The number of carbonyl (C=O) groups excluding carboxylic acids is 2. The lowest BCUT2D eigenvalue weighted by atomic mass is 10.2. The summed E-state index contributed by atoms with van der Waals surface area (Å²) in [6.45, 7) is 5.55. The number of sulfone groups is 1. The summed E-state index contributed by atoms with van der Waals surface area (Å²) in [7, 11) is -3.81. The van der Waals surface area contributed by atoms with E-state index in [0.29, 0.717) is 13.0 Å². The Morgan fingerprint density at radius 2 is 1.83 bits per heavy atom. The Balaban J connectivity index is 4.86. The summed E-state index contributed by atoms with van der Waals surface area (Å²) in [5, 5.41) is 1.15. The highest BCUT2D eigenvalue weighted by molar-refractivity contribution is 7.93. The second kappa shape index (κ2) is 8.07. The van der Waals surface area contributed by atoms with Crippen molar-refractivity contribution in [3.05, 3.63) is 0 Å². The third-order valence-corrected chi connectivity index (χ3v) is 4.20. The SMILES string of the molecule is CCCC(C(=O)OCC)S(=O)(=O)CC(=O)NCC. The quantitative estimate of drug-likeness (QED) is 0.644. The monoisotopic (exact) mass is 279 g/mol. The fraction of sp³-hybridized carbons (Fsp3) is 0.818. The van der Waals surface area contributed by atoms with Gasteiger partial charge in [0.25, 0.3) is 0 Å². The fourth-order valence-electron chi connectivity index (χ4n) is 1.47. The minimum absolute atomic E-state index is 0.121. The molecule has 7 heteroatoms. The molecule has 0 aromatic carbocycles. The van der Waals surface area contributed by atoms with Gasteiger partial charge in [0.2, 0.25) is 5.91 Å². The van der Waals surface area contributed by atoms with Crippen molar-refractivity contribution < 1.29 is 22.7 Å². The first-order valence-electron chi connectivity index (χ1n) is 6.03. The number of nitrogens with one attached hydrogen (secondary N) is 1. The zero-order valence-corrected chi connectivity index (χ0v) is 11.9. The molecular formula is C11H21NO5S. The maximum Gasteiger partial charge on any atom is 0.324 e. The molecule has 1 atom stereocenters. The van der Waals surface area contributed by atoms with E-state index in [-0.39, 0.29) is 13.0 Å². The standard InChI is InChI=1S/C11H21NO5S/c1-4-7-9(11(14)17-6-3)18(15,16)8-10(13)12-5-2/h9H,4-8H2,1-3H3,(H,12,13). The van der Waals surface area contributed by atoms with Crippen LogP contribution in [0.25, 0.3) is 0 Å². The number of rotatable bonds is 8. The molecule has 0 saturated heterocycles. The van der Waals surface area contributed by atoms with Gasteiger partial charge in [0.05, 0.1) is 6.61 Å². The minimum atomic E-state index is -3.81. The maximum atomic E-state index is 12.0. The molecular weight excluding hydrogens is 258 g/mol. The van der Waals surface area contributed by atoms with Crippen LogP contribution in [0, 0.1) is 0 Å². The molecule has 0 heterocycles. The fourth-order valence-corrected chi connectivity index (χ4v) is 3.10. The molecule has 0 bridgehead atoms. The van der Waals surface area contributed by atoms with Crippen molar-refractivity contribution in [1.82, 2.24) is 5.32 Å². The average molecular weight is 279 g/mol. The molecule has 6 nitrogen and oxygen atoms in total. The van der Waals surface area contributed by atoms with Crippen molar-refractivity contribution in [2.75, 3.05) is 18.9 Å². The van der Waals surface area contributed by atoms with Crippen LogP contribution in [0.2, 0.25) is 0 Å². The van der Waals surface area contributed by atoms with E-state index in [1.54, 1.807) is 20.8 Å².